The summed E-state index contributed by atoms with van der Waals surface area (Å²) >= 11 is 1.38. The first-order chi connectivity index (χ1) is 15.5. The molecule has 0 saturated carbocycles. The van der Waals surface area contributed by atoms with Gasteiger partial charge >= 0.3 is 11.9 Å². The predicted octanol–water partition coefficient (Wildman–Crippen LogP) is -2.23. The van der Waals surface area contributed by atoms with E-state index >= 15 is 0 Å². The normalized spacial score (nSPS) is 17.9. The molecule has 14 heteroatoms. The first-order valence-electron chi connectivity index (χ1n) is 10.4. The van der Waals surface area contributed by atoms with Crippen molar-refractivity contribution in [1.29, 1.82) is 0 Å². The summed E-state index contributed by atoms with van der Waals surface area (Å²) in [4.78, 5) is 71.3. The van der Waals surface area contributed by atoms with Crippen LogP contribution in [0.2, 0.25) is 0 Å². The van der Waals surface area contributed by atoms with Gasteiger partial charge in [0.05, 0.1) is 12.5 Å². The Hall–Kier alpha value is -2.87. The van der Waals surface area contributed by atoms with Gasteiger partial charge in [0.2, 0.25) is 23.6 Å². The summed E-state index contributed by atoms with van der Waals surface area (Å²) in [6.07, 6.45) is 2.05. The smallest absolute Gasteiger partial charge is 0.326 e. The van der Waals surface area contributed by atoms with Crippen molar-refractivity contribution in [1.82, 2.24) is 21.3 Å². The van der Waals surface area contributed by atoms with Gasteiger partial charge in [-0.1, -0.05) is 0 Å². The Morgan fingerprint density at radius 2 is 1.61 bits per heavy atom. The largest absolute Gasteiger partial charge is 0.481 e. The van der Waals surface area contributed by atoms with Gasteiger partial charge in [0.15, 0.2) is 0 Å². The van der Waals surface area contributed by atoms with Crippen LogP contribution in [0, 0.1) is 0 Å². The molecule has 13 nitrogen and oxygen atoms in total. The molecule has 0 radical (unpaired) electrons. The van der Waals surface area contributed by atoms with Crippen LogP contribution in [0.4, 0.5) is 0 Å². The standard InChI is InChI=1S/C19H31N5O8S/c1-33-8-6-12(18(30)24-13(19(31)32)9-14(20)25)23-17(29)11(4-5-15(26)27)22-16(28)10-3-2-7-21-10/h10-13,21H,2-9H2,1H3,(H2,20,25)(H,22,28)(H,23,29)(H,24,30)(H,26,27)(H,31,32). The molecular formula is C19H31N5O8S. The van der Waals surface area contributed by atoms with Crippen LogP contribution < -0.4 is 27.0 Å². The van der Waals surface area contributed by atoms with E-state index in [0.29, 0.717) is 18.7 Å². The number of carbonyl (C=O) groups excluding carboxylic acids is 4. The van der Waals surface area contributed by atoms with Crippen molar-refractivity contribution in [2.75, 3.05) is 18.6 Å². The zero-order valence-electron chi connectivity index (χ0n) is 18.3. The molecule has 0 aromatic rings. The van der Waals surface area contributed by atoms with Gasteiger partial charge in [0, 0.05) is 6.42 Å². The number of carboxylic acids is 2. The summed E-state index contributed by atoms with van der Waals surface area (Å²) in [6.45, 7) is 0.650. The van der Waals surface area contributed by atoms with Gasteiger partial charge in [-0.15, -0.1) is 0 Å². The number of aliphatic carboxylic acids is 2. The molecule has 4 amide bonds. The molecule has 0 bridgehead atoms. The Morgan fingerprint density at radius 1 is 1.00 bits per heavy atom. The zero-order chi connectivity index (χ0) is 25.0. The Bertz CT molecular complexity index is 744. The van der Waals surface area contributed by atoms with Gasteiger partial charge in [-0.25, -0.2) is 4.79 Å². The summed E-state index contributed by atoms with van der Waals surface area (Å²) < 4.78 is 0. The predicted molar refractivity (Wildman–Crippen MR) is 118 cm³/mol. The van der Waals surface area contributed by atoms with Crippen LogP contribution in [0.1, 0.15) is 38.5 Å². The van der Waals surface area contributed by atoms with Crippen LogP contribution in [0.25, 0.3) is 0 Å². The fourth-order valence-corrected chi connectivity index (χ4v) is 3.64. The van der Waals surface area contributed by atoms with Crippen molar-refractivity contribution in [2.24, 2.45) is 5.73 Å². The van der Waals surface area contributed by atoms with Gasteiger partial charge < -0.3 is 37.2 Å². The molecule has 1 fully saturated rings. The van der Waals surface area contributed by atoms with Crippen LogP contribution in [-0.2, 0) is 28.8 Å². The van der Waals surface area contributed by atoms with E-state index in [0.717, 1.165) is 6.42 Å². The highest BCUT2D eigenvalue weighted by atomic mass is 32.2. The molecule has 1 rings (SSSR count). The number of amides is 4. The Morgan fingerprint density at radius 3 is 2.09 bits per heavy atom. The second-order valence-electron chi connectivity index (χ2n) is 7.56. The molecule has 1 aliphatic rings. The van der Waals surface area contributed by atoms with Gasteiger partial charge in [-0.05, 0) is 44.2 Å². The molecule has 1 aliphatic heterocycles. The maximum absolute atomic E-state index is 12.9. The van der Waals surface area contributed by atoms with E-state index in [1.165, 1.54) is 11.8 Å². The van der Waals surface area contributed by atoms with E-state index < -0.39 is 72.6 Å². The van der Waals surface area contributed by atoms with Crippen LogP contribution in [0.5, 0.6) is 0 Å². The number of carbonyl (C=O) groups is 6. The molecule has 33 heavy (non-hydrogen) atoms. The summed E-state index contributed by atoms with van der Waals surface area (Å²) in [5.41, 5.74) is 5.02. The topological polar surface area (TPSA) is 217 Å². The van der Waals surface area contributed by atoms with E-state index in [2.05, 4.69) is 21.3 Å². The third kappa shape index (κ3) is 10.5. The van der Waals surface area contributed by atoms with Crippen molar-refractivity contribution >= 4 is 47.3 Å². The summed E-state index contributed by atoms with van der Waals surface area (Å²) in [5, 5.41) is 28.3. The number of primary amides is 1. The minimum absolute atomic E-state index is 0.130. The Balaban J connectivity index is 2.92. The third-order valence-corrected chi connectivity index (χ3v) is 5.56. The molecule has 4 unspecified atom stereocenters. The molecule has 0 aromatic carbocycles. The minimum atomic E-state index is -1.57. The van der Waals surface area contributed by atoms with Crippen LogP contribution in [0.3, 0.4) is 0 Å². The lowest BCUT2D eigenvalue weighted by atomic mass is 10.1. The molecule has 186 valence electrons. The van der Waals surface area contributed by atoms with Crippen molar-refractivity contribution in [3.63, 3.8) is 0 Å². The van der Waals surface area contributed by atoms with Gasteiger partial charge in [0.1, 0.15) is 18.1 Å². The van der Waals surface area contributed by atoms with Crippen LogP contribution in [-0.4, -0.2) is 88.5 Å². The van der Waals surface area contributed by atoms with E-state index in [4.69, 9.17) is 10.8 Å². The fourth-order valence-electron chi connectivity index (χ4n) is 3.17. The van der Waals surface area contributed by atoms with Crippen molar-refractivity contribution in [3.8, 4) is 0 Å². The van der Waals surface area contributed by atoms with Crippen LogP contribution in [0.15, 0.2) is 0 Å². The highest BCUT2D eigenvalue weighted by Gasteiger charge is 2.32. The van der Waals surface area contributed by atoms with Crippen molar-refractivity contribution in [3.05, 3.63) is 0 Å². The third-order valence-electron chi connectivity index (χ3n) is 4.92. The first kappa shape index (κ1) is 28.2. The number of carboxylic acid groups (broad SMARTS) is 2. The highest BCUT2D eigenvalue weighted by Crippen LogP contribution is 2.08. The maximum Gasteiger partial charge on any atom is 0.326 e. The molecule has 0 aliphatic carbocycles. The maximum atomic E-state index is 12.9. The molecule has 0 aromatic heterocycles. The lowest BCUT2D eigenvalue weighted by molar-refractivity contribution is -0.143. The van der Waals surface area contributed by atoms with Crippen molar-refractivity contribution in [2.45, 2.75) is 62.7 Å². The average Bonchev–Trinajstić information content (AvgIpc) is 3.27. The molecular weight excluding hydrogens is 458 g/mol. The summed E-state index contributed by atoms with van der Waals surface area (Å²) in [7, 11) is 0. The van der Waals surface area contributed by atoms with E-state index in [1.807, 2.05) is 0 Å². The molecule has 0 spiro atoms. The first-order valence-corrected chi connectivity index (χ1v) is 11.8. The minimum Gasteiger partial charge on any atom is -0.481 e. The van der Waals surface area contributed by atoms with Gasteiger partial charge in [-0.2, -0.15) is 11.8 Å². The molecule has 4 atom stereocenters. The van der Waals surface area contributed by atoms with Gasteiger partial charge in [0.25, 0.3) is 0 Å². The highest BCUT2D eigenvalue weighted by molar-refractivity contribution is 7.98. The average molecular weight is 490 g/mol. The van der Waals surface area contributed by atoms with Crippen molar-refractivity contribution < 1.29 is 39.0 Å². The second kappa shape index (κ2) is 14.3. The summed E-state index contributed by atoms with van der Waals surface area (Å²) in [6, 6.07) is -4.44. The quantitative estimate of drug-likeness (QED) is 0.131. The lowest BCUT2D eigenvalue weighted by Gasteiger charge is -2.25. The van der Waals surface area contributed by atoms with E-state index in [1.54, 1.807) is 6.26 Å². The molecule has 1 saturated heterocycles. The fraction of sp³-hybridized carbons (Fsp3) is 0.684. The Kier molecular flexibility index (Phi) is 12.2. The summed E-state index contributed by atoms with van der Waals surface area (Å²) in [5.74, 6) is -5.18. The number of hydrogen-bond acceptors (Lipinski definition) is 8. The molecule has 1 heterocycles. The number of rotatable bonds is 15. The number of nitrogens with one attached hydrogen (secondary N) is 4. The SMILES string of the molecule is CSCCC(NC(=O)C(CCC(=O)O)NC(=O)C1CCCN1)C(=O)NC(CC(N)=O)C(=O)O. The number of nitrogens with two attached hydrogens (primary N) is 1. The van der Waals surface area contributed by atoms with E-state index in [9.17, 15) is 33.9 Å². The lowest BCUT2D eigenvalue weighted by Crippen LogP contribution is -2.57. The monoisotopic (exact) mass is 489 g/mol. The van der Waals surface area contributed by atoms with Gasteiger partial charge in [-0.3, -0.25) is 24.0 Å². The van der Waals surface area contributed by atoms with E-state index in [-0.39, 0.29) is 12.8 Å². The Labute approximate surface area is 195 Å². The van der Waals surface area contributed by atoms with Crippen LogP contribution >= 0.6 is 11.8 Å². The second-order valence-corrected chi connectivity index (χ2v) is 8.54. The number of hydrogen-bond donors (Lipinski definition) is 7. The number of thioether (sulfide) groups is 1. The molecule has 8 N–H and O–H groups in total. The zero-order valence-corrected chi connectivity index (χ0v) is 19.1.